The summed E-state index contributed by atoms with van der Waals surface area (Å²) >= 11 is 0. The average Bonchev–Trinajstić information content (AvgIpc) is 2.75. The van der Waals surface area contributed by atoms with E-state index in [4.69, 9.17) is 9.47 Å². The van der Waals surface area contributed by atoms with Gasteiger partial charge in [-0.1, -0.05) is 42.5 Å². The van der Waals surface area contributed by atoms with Gasteiger partial charge in [-0.05, 0) is 44.4 Å². The molecule has 1 aliphatic rings. The molecular weight excluding hydrogens is 352 g/mol. The third-order valence-electron chi connectivity index (χ3n) is 5.17. The molecule has 0 radical (unpaired) electrons. The monoisotopic (exact) mass is 384 g/mol. The van der Waals surface area contributed by atoms with Crippen LogP contribution in [0.1, 0.15) is 25.8 Å². The molecule has 0 unspecified atom stereocenters. The van der Waals surface area contributed by atoms with Gasteiger partial charge in [0.05, 0.1) is 6.10 Å². The van der Waals surface area contributed by atoms with Crippen molar-refractivity contribution in [1.29, 1.82) is 0 Å². The Morgan fingerprint density at radius 2 is 1.64 bits per heavy atom. The van der Waals surface area contributed by atoms with Crippen LogP contribution in [-0.2, 0) is 6.42 Å². The molecular formula is C23H32N2O3. The van der Waals surface area contributed by atoms with E-state index in [0.29, 0.717) is 25.7 Å². The lowest BCUT2D eigenvalue weighted by Crippen LogP contribution is -2.49. The Balaban J connectivity index is 1.32. The van der Waals surface area contributed by atoms with Crippen molar-refractivity contribution in [2.24, 2.45) is 0 Å². The molecule has 1 heterocycles. The van der Waals surface area contributed by atoms with E-state index in [-0.39, 0.29) is 12.1 Å². The fourth-order valence-corrected chi connectivity index (χ4v) is 3.27. The Morgan fingerprint density at radius 3 is 2.43 bits per heavy atom. The van der Waals surface area contributed by atoms with Gasteiger partial charge in [-0.25, -0.2) is 0 Å². The van der Waals surface area contributed by atoms with Gasteiger partial charge < -0.3 is 25.2 Å². The maximum absolute atomic E-state index is 10.3. The van der Waals surface area contributed by atoms with Crippen molar-refractivity contribution in [3.05, 3.63) is 60.2 Å². The summed E-state index contributed by atoms with van der Waals surface area (Å²) in [6.07, 6.45) is 1.58. The van der Waals surface area contributed by atoms with E-state index in [1.165, 1.54) is 5.56 Å². The molecule has 2 aromatic rings. The zero-order chi connectivity index (χ0) is 19.8. The van der Waals surface area contributed by atoms with Crippen molar-refractivity contribution in [2.75, 3.05) is 19.7 Å². The van der Waals surface area contributed by atoms with Crippen molar-refractivity contribution in [1.82, 2.24) is 10.6 Å². The van der Waals surface area contributed by atoms with E-state index in [1.807, 2.05) is 30.3 Å². The maximum Gasteiger partial charge on any atom is 0.161 e. The minimum absolute atomic E-state index is 0.0696. The van der Waals surface area contributed by atoms with Gasteiger partial charge in [0, 0.05) is 25.2 Å². The first kappa shape index (κ1) is 20.6. The third kappa shape index (κ3) is 6.23. The Labute approximate surface area is 168 Å². The number of ether oxygens (including phenoxy) is 2. The molecule has 0 saturated carbocycles. The van der Waals surface area contributed by atoms with Crippen LogP contribution < -0.4 is 20.1 Å². The number of nitrogens with one attached hydrogen (secondary N) is 2. The summed E-state index contributed by atoms with van der Waals surface area (Å²) in [5.74, 6) is 1.57. The highest BCUT2D eigenvalue weighted by Crippen LogP contribution is 2.31. The number of benzene rings is 2. The predicted octanol–water partition coefficient (Wildman–Crippen LogP) is 2.78. The Bertz CT molecular complexity index is 710. The number of hydrogen-bond donors (Lipinski definition) is 3. The lowest BCUT2D eigenvalue weighted by Gasteiger charge is -2.31. The molecule has 5 nitrogen and oxygen atoms in total. The van der Waals surface area contributed by atoms with Gasteiger partial charge in [0.15, 0.2) is 11.5 Å². The summed E-state index contributed by atoms with van der Waals surface area (Å²) < 4.78 is 11.8. The average molecular weight is 385 g/mol. The number of fused-ring (bicyclic) bond motifs is 1. The highest BCUT2D eigenvalue weighted by Gasteiger charge is 2.26. The molecule has 0 bridgehead atoms. The first-order valence-electron chi connectivity index (χ1n) is 10.2. The highest BCUT2D eigenvalue weighted by atomic mass is 16.6. The van der Waals surface area contributed by atoms with Crippen LogP contribution in [0.4, 0.5) is 0 Å². The van der Waals surface area contributed by atoms with Gasteiger partial charge in [0.25, 0.3) is 0 Å². The smallest absolute Gasteiger partial charge is 0.161 e. The van der Waals surface area contributed by atoms with E-state index < -0.39 is 6.10 Å². The Kier molecular flexibility index (Phi) is 7.71. The lowest BCUT2D eigenvalue weighted by molar-refractivity contribution is 0.0611. The molecule has 28 heavy (non-hydrogen) atoms. The molecule has 0 spiro atoms. The zero-order valence-electron chi connectivity index (χ0n) is 16.8. The van der Waals surface area contributed by atoms with Crippen LogP contribution in [0.25, 0.3) is 0 Å². The Hall–Kier alpha value is -2.08. The second-order valence-electron chi connectivity index (χ2n) is 7.60. The molecule has 1 aliphatic heterocycles. The van der Waals surface area contributed by atoms with Gasteiger partial charge in [-0.3, -0.25) is 0 Å². The first-order valence-corrected chi connectivity index (χ1v) is 10.2. The number of aryl methyl sites for hydroxylation is 1. The van der Waals surface area contributed by atoms with E-state index in [9.17, 15) is 5.11 Å². The van der Waals surface area contributed by atoms with Gasteiger partial charge in [0.1, 0.15) is 12.7 Å². The quantitative estimate of drug-likeness (QED) is 0.588. The van der Waals surface area contributed by atoms with Crippen molar-refractivity contribution < 1.29 is 14.6 Å². The maximum atomic E-state index is 10.3. The van der Waals surface area contributed by atoms with Gasteiger partial charge >= 0.3 is 0 Å². The summed E-state index contributed by atoms with van der Waals surface area (Å²) in [4.78, 5) is 0. The van der Waals surface area contributed by atoms with Crippen molar-refractivity contribution in [2.45, 2.75) is 51.0 Å². The number of aliphatic hydroxyl groups is 1. The van der Waals surface area contributed by atoms with Crippen LogP contribution in [0.15, 0.2) is 54.6 Å². The molecule has 0 amide bonds. The van der Waals surface area contributed by atoms with E-state index in [0.717, 1.165) is 24.3 Å². The number of aliphatic hydroxyl groups excluding tert-OH is 1. The largest absolute Gasteiger partial charge is 0.486 e. The topological polar surface area (TPSA) is 62.8 Å². The minimum atomic E-state index is -0.446. The summed E-state index contributed by atoms with van der Waals surface area (Å²) in [7, 11) is 0. The number of para-hydroxylation sites is 2. The van der Waals surface area contributed by atoms with Crippen LogP contribution in [0.3, 0.4) is 0 Å². The van der Waals surface area contributed by atoms with Crippen molar-refractivity contribution in [3.8, 4) is 11.5 Å². The third-order valence-corrected chi connectivity index (χ3v) is 5.17. The summed E-state index contributed by atoms with van der Waals surface area (Å²) in [5, 5.41) is 17.1. The second-order valence-corrected chi connectivity index (χ2v) is 7.60. The molecule has 2 aromatic carbocycles. The minimum Gasteiger partial charge on any atom is -0.486 e. The van der Waals surface area contributed by atoms with Crippen LogP contribution in [-0.4, -0.2) is 49.1 Å². The van der Waals surface area contributed by atoms with E-state index >= 15 is 0 Å². The molecule has 4 atom stereocenters. The van der Waals surface area contributed by atoms with Crippen LogP contribution in [0.2, 0.25) is 0 Å². The fraction of sp³-hybridized carbons (Fsp3) is 0.478. The molecule has 0 aliphatic carbocycles. The standard InChI is InChI=1S/C23H32N2O3/c1-17(12-13-19-8-4-3-5-9-19)24-14-20(26)15-25-18(2)23-16-27-21-10-6-7-11-22(21)28-23/h3-11,17-18,20,23-26H,12-16H2,1-2H3/t17-,18-,20-,23-/m0/s1. The molecule has 0 aromatic heterocycles. The summed E-state index contributed by atoms with van der Waals surface area (Å²) in [5.41, 5.74) is 1.35. The number of hydrogen-bond acceptors (Lipinski definition) is 5. The normalized spacial score (nSPS) is 19.0. The molecule has 3 N–H and O–H groups in total. The first-order chi connectivity index (χ1) is 13.6. The molecule has 3 rings (SSSR count). The molecule has 5 heteroatoms. The lowest BCUT2D eigenvalue weighted by atomic mass is 10.1. The number of rotatable bonds is 10. The second kappa shape index (κ2) is 10.5. The van der Waals surface area contributed by atoms with Gasteiger partial charge in [-0.15, -0.1) is 0 Å². The predicted molar refractivity (Wildman–Crippen MR) is 112 cm³/mol. The SMILES string of the molecule is C[C@H](NC[C@@H](O)CN[C@@H](C)CCc1ccccc1)[C@@H]1COc2ccccc2O1. The molecule has 152 valence electrons. The van der Waals surface area contributed by atoms with Crippen LogP contribution in [0, 0.1) is 0 Å². The van der Waals surface area contributed by atoms with E-state index in [2.05, 4.69) is 48.7 Å². The highest BCUT2D eigenvalue weighted by molar-refractivity contribution is 5.40. The summed E-state index contributed by atoms with van der Waals surface area (Å²) in [6.45, 7) is 5.82. The van der Waals surface area contributed by atoms with Crippen LogP contribution in [0.5, 0.6) is 11.5 Å². The molecule has 0 saturated heterocycles. The van der Waals surface area contributed by atoms with E-state index in [1.54, 1.807) is 0 Å². The van der Waals surface area contributed by atoms with Crippen LogP contribution >= 0.6 is 0 Å². The zero-order valence-corrected chi connectivity index (χ0v) is 16.8. The van der Waals surface area contributed by atoms with Gasteiger partial charge in [-0.2, -0.15) is 0 Å². The summed E-state index contributed by atoms with van der Waals surface area (Å²) in [6, 6.07) is 18.7. The Morgan fingerprint density at radius 1 is 0.964 bits per heavy atom. The van der Waals surface area contributed by atoms with Crippen molar-refractivity contribution >= 4 is 0 Å². The van der Waals surface area contributed by atoms with Crippen molar-refractivity contribution in [3.63, 3.8) is 0 Å². The fourth-order valence-electron chi connectivity index (χ4n) is 3.27. The molecule has 0 fully saturated rings. The van der Waals surface area contributed by atoms with Gasteiger partial charge in [0.2, 0.25) is 0 Å².